The van der Waals surface area contributed by atoms with Gasteiger partial charge in [-0.2, -0.15) is 0 Å². The summed E-state index contributed by atoms with van der Waals surface area (Å²) >= 11 is 0. The molecule has 3 aromatic carbocycles. The average Bonchev–Trinajstić information content (AvgIpc) is 2.82. The molecule has 1 aliphatic rings. The summed E-state index contributed by atoms with van der Waals surface area (Å²) in [5.41, 5.74) is 0.879. The van der Waals surface area contributed by atoms with Crippen molar-refractivity contribution in [1.82, 2.24) is 9.88 Å². The third-order valence-corrected chi connectivity index (χ3v) is 7.39. The molecule has 1 fully saturated rings. The van der Waals surface area contributed by atoms with Crippen molar-refractivity contribution in [1.29, 1.82) is 0 Å². The molecule has 2 heterocycles. The number of sulfonamides is 1. The molecule has 1 aliphatic heterocycles. The Labute approximate surface area is 197 Å². The standard InChI is InChI=1S/C26H23N3O4S/c30-25(29-17-26(31,18-29)15-19-5-2-1-3-6-19)20-9-11-22(12-10-20)28-34(32,33)24-8-4-7-21-16-27-14-13-23(21)24/h1-14,16,28,31H,15,17-18H2. The highest BCUT2D eigenvalue weighted by Crippen LogP contribution is 2.28. The molecular weight excluding hydrogens is 450 g/mol. The Morgan fingerprint density at radius 3 is 2.44 bits per heavy atom. The number of likely N-dealkylation sites (tertiary alicyclic amines) is 1. The van der Waals surface area contributed by atoms with E-state index in [1.54, 1.807) is 65.8 Å². The van der Waals surface area contributed by atoms with E-state index in [9.17, 15) is 18.3 Å². The van der Waals surface area contributed by atoms with Crippen LogP contribution in [0.5, 0.6) is 0 Å². The van der Waals surface area contributed by atoms with Gasteiger partial charge < -0.3 is 10.0 Å². The lowest BCUT2D eigenvalue weighted by atomic mass is 9.86. The first-order chi connectivity index (χ1) is 16.3. The molecule has 0 saturated carbocycles. The molecule has 0 bridgehead atoms. The minimum absolute atomic E-state index is 0.158. The molecule has 5 rings (SSSR count). The molecule has 2 N–H and O–H groups in total. The van der Waals surface area contributed by atoms with Gasteiger partial charge >= 0.3 is 0 Å². The Morgan fingerprint density at radius 2 is 1.71 bits per heavy atom. The van der Waals surface area contributed by atoms with Gasteiger partial charge in [0.25, 0.3) is 15.9 Å². The Kier molecular flexibility index (Phi) is 5.55. The number of carbonyl (C=O) groups excluding carboxylic acids is 1. The van der Waals surface area contributed by atoms with Gasteiger partial charge in [0, 0.05) is 40.8 Å². The number of carbonyl (C=O) groups is 1. The van der Waals surface area contributed by atoms with Crippen molar-refractivity contribution in [3.8, 4) is 0 Å². The van der Waals surface area contributed by atoms with Crippen LogP contribution in [-0.4, -0.2) is 48.0 Å². The summed E-state index contributed by atoms with van der Waals surface area (Å²) in [5.74, 6) is -0.200. The van der Waals surface area contributed by atoms with Crippen LogP contribution in [0.2, 0.25) is 0 Å². The first-order valence-electron chi connectivity index (χ1n) is 10.8. The van der Waals surface area contributed by atoms with E-state index in [1.807, 2.05) is 30.3 Å². The SMILES string of the molecule is O=C(c1ccc(NS(=O)(=O)c2cccc3cnccc23)cc1)N1CC(O)(Cc2ccccc2)C1. The van der Waals surface area contributed by atoms with E-state index in [1.165, 1.54) is 0 Å². The highest BCUT2D eigenvalue weighted by Gasteiger charge is 2.43. The number of aromatic nitrogens is 1. The Bertz CT molecular complexity index is 1440. The number of fused-ring (bicyclic) bond motifs is 1. The van der Waals surface area contributed by atoms with Gasteiger partial charge in [0.15, 0.2) is 0 Å². The minimum atomic E-state index is -3.83. The molecule has 1 amide bonds. The number of nitrogens with one attached hydrogen (secondary N) is 1. The second-order valence-electron chi connectivity index (χ2n) is 8.58. The van der Waals surface area contributed by atoms with Gasteiger partial charge in [0.05, 0.1) is 18.0 Å². The number of nitrogens with zero attached hydrogens (tertiary/aromatic N) is 2. The molecule has 0 spiro atoms. The second kappa shape index (κ2) is 8.55. The third-order valence-electron chi connectivity index (χ3n) is 5.95. The molecule has 8 heteroatoms. The molecule has 1 saturated heterocycles. The lowest BCUT2D eigenvalue weighted by Gasteiger charge is -2.46. The highest BCUT2D eigenvalue weighted by molar-refractivity contribution is 7.93. The lowest BCUT2D eigenvalue weighted by molar-refractivity contribution is -0.0799. The van der Waals surface area contributed by atoms with Crippen molar-refractivity contribution in [2.75, 3.05) is 17.8 Å². The molecular formula is C26H23N3O4S. The number of pyridine rings is 1. The summed E-state index contributed by atoms with van der Waals surface area (Å²) in [6.45, 7) is 0.510. The predicted octanol–water partition coefficient (Wildman–Crippen LogP) is 3.47. The fourth-order valence-corrected chi connectivity index (χ4v) is 5.59. The van der Waals surface area contributed by atoms with Crippen molar-refractivity contribution < 1.29 is 18.3 Å². The number of β-amino-alcohol motifs (C(OH)–C–C–N with tert-alkyl or cyclic N) is 1. The zero-order valence-electron chi connectivity index (χ0n) is 18.3. The van der Waals surface area contributed by atoms with Crippen LogP contribution in [0.15, 0.2) is 96.2 Å². The normalized spacial score (nSPS) is 15.0. The topological polar surface area (TPSA) is 99.6 Å². The van der Waals surface area contributed by atoms with Gasteiger partial charge in [-0.25, -0.2) is 8.42 Å². The van der Waals surface area contributed by atoms with Crippen LogP contribution in [0.1, 0.15) is 15.9 Å². The molecule has 172 valence electrons. The van der Waals surface area contributed by atoms with Crippen molar-refractivity contribution in [3.63, 3.8) is 0 Å². The van der Waals surface area contributed by atoms with Gasteiger partial charge in [-0.15, -0.1) is 0 Å². The van der Waals surface area contributed by atoms with Crippen LogP contribution in [0.25, 0.3) is 10.8 Å². The van der Waals surface area contributed by atoms with Crippen molar-refractivity contribution in [2.45, 2.75) is 16.9 Å². The number of benzene rings is 3. The number of aliphatic hydroxyl groups is 1. The first kappa shape index (κ1) is 22.1. The van der Waals surface area contributed by atoms with Crippen LogP contribution in [0, 0.1) is 0 Å². The van der Waals surface area contributed by atoms with Gasteiger partial charge in [-0.3, -0.25) is 14.5 Å². The van der Waals surface area contributed by atoms with Crippen molar-refractivity contribution >= 4 is 32.4 Å². The Hall–Kier alpha value is -3.75. The largest absolute Gasteiger partial charge is 0.386 e. The van der Waals surface area contributed by atoms with Crippen LogP contribution in [0.4, 0.5) is 5.69 Å². The highest BCUT2D eigenvalue weighted by atomic mass is 32.2. The van der Waals surface area contributed by atoms with Gasteiger partial charge in [0.2, 0.25) is 0 Å². The number of hydrogen-bond donors (Lipinski definition) is 2. The van der Waals surface area contributed by atoms with Crippen molar-refractivity contribution in [2.24, 2.45) is 0 Å². The maximum absolute atomic E-state index is 13.0. The van der Waals surface area contributed by atoms with E-state index in [4.69, 9.17) is 0 Å². The summed E-state index contributed by atoms with van der Waals surface area (Å²) in [5, 5.41) is 12.0. The maximum atomic E-state index is 13.0. The van der Waals surface area contributed by atoms with E-state index < -0.39 is 15.6 Å². The number of rotatable bonds is 6. The summed E-state index contributed by atoms with van der Waals surface area (Å²) < 4.78 is 28.5. The molecule has 0 radical (unpaired) electrons. The monoisotopic (exact) mass is 473 g/mol. The van der Waals surface area contributed by atoms with E-state index in [-0.39, 0.29) is 23.9 Å². The average molecular weight is 474 g/mol. The van der Waals surface area contributed by atoms with E-state index in [0.29, 0.717) is 23.1 Å². The van der Waals surface area contributed by atoms with Crippen LogP contribution in [0.3, 0.4) is 0 Å². The fraction of sp³-hybridized carbons (Fsp3) is 0.154. The zero-order valence-corrected chi connectivity index (χ0v) is 19.1. The van der Waals surface area contributed by atoms with Crippen LogP contribution < -0.4 is 4.72 Å². The summed E-state index contributed by atoms with van der Waals surface area (Å²) in [4.78, 5) is 18.6. The second-order valence-corrected chi connectivity index (χ2v) is 10.2. The number of hydrogen-bond acceptors (Lipinski definition) is 5. The van der Waals surface area contributed by atoms with Crippen LogP contribution >= 0.6 is 0 Å². The first-order valence-corrected chi connectivity index (χ1v) is 12.3. The maximum Gasteiger partial charge on any atom is 0.262 e. The number of anilines is 1. The van der Waals surface area contributed by atoms with Gasteiger partial charge in [-0.05, 0) is 42.0 Å². The molecule has 4 aromatic rings. The summed E-state index contributed by atoms with van der Waals surface area (Å²) in [6, 6.07) is 22.7. The fourth-order valence-electron chi connectivity index (χ4n) is 4.30. The molecule has 7 nitrogen and oxygen atoms in total. The Balaban J connectivity index is 1.26. The van der Waals surface area contributed by atoms with Crippen molar-refractivity contribution in [3.05, 3.63) is 102 Å². The molecule has 0 unspecified atom stereocenters. The zero-order chi connectivity index (χ0) is 23.8. The van der Waals surface area contributed by atoms with E-state index >= 15 is 0 Å². The van der Waals surface area contributed by atoms with E-state index in [0.717, 1.165) is 10.9 Å². The number of amides is 1. The van der Waals surface area contributed by atoms with E-state index in [2.05, 4.69) is 9.71 Å². The van der Waals surface area contributed by atoms with Crippen LogP contribution in [-0.2, 0) is 16.4 Å². The quantitative estimate of drug-likeness (QED) is 0.447. The van der Waals surface area contributed by atoms with Gasteiger partial charge in [-0.1, -0.05) is 42.5 Å². The predicted molar refractivity (Wildman–Crippen MR) is 130 cm³/mol. The molecule has 1 aromatic heterocycles. The molecule has 0 atom stereocenters. The summed E-state index contributed by atoms with van der Waals surface area (Å²) in [7, 11) is -3.83. The molecule has 34 heavy (non-hydrogen) atoms. The lowest BCUT2D eigenvalue weighted by Crippen LogP contribution is -2.64. The Morgan fingerprint density at radius 1 is 0.971 bits per heavy atom. The summed E-state index contributed by atoms with van der Waals surface area (Å²) in [6.07, 6.45) is 3.66. The van der Waals surface area contributed by atoms with Gasteiger partial charge in [0.1, 0.15) is 5.60 Å². The smallest absolute Gasteiger partial charge is 0.262 e. The molecule has 0 aliphatic carbocycles. The third kappa shape index (κ3) is 4.37. The minimum Gasteiger partial charge on any atom is -0.386 e.